The highest BCUT2D eigenvalue weighted by molar-refractivity contribution is 9.10. The molecule has 8 heteroatoms. The number of rotatable bonds is 4. The lowest BCUT2D eigenvalue weighted by molar-refractivity contribution is -0.119. The maximum atomic E-state index is 13.5. The Labute approximate surface area is 132 Å². The third-order valence-electron chi connectivity index (χ3n) is 2.58. The third-order valence-corrected chi connectivity index (χ3v) is 3.07. The Morgan fingerprint density at radius 2 is 2.09 bits per heavy atom. The van der Waals surface area contributed by atoms with Gasteiger partial charge in [0.15, 0.2) is 6.61 Å². The second kappa shape index (κ2) is 6.99. The molecule has 0 atom stereocenters. The van der Waals surface area contributed by atoms with E-state index in [-0.39, 0.29) is 11.3 Å². The van der Waals surface area contributed by atoms with Crippen LogP contribution in [0.3, 0.4) is 0 Å². The first-order chi connectivity index (χ1) is 10.5. The van der Waals surface area contributed by atoms with Gasteiger partial charge in [-0.3, -0.25) is 9.59 Å². The number of aromatic amines is 1. The molecule has 0 aliphatic carbocycles. The van der Waals surface area contributed by atoms with Gasteiger partial charge in [-0.2, -0.15) is 0 Å². The van der Waals surface area contributed by atoms with Crippen molar-refractivity contribution in [3.8, 4) is 0 Å². The Hall–Kier alpha value is -2.48. The predicted octanol–water partition coefficient (Wildman–Crippen LogP) is 2.07. The second-order valence-corrected chi connectivity index (χ2v) is 5.08. The van der Waals surface area contributed by atoms with Crippen molar-refractivity contribution in [1.29, 1.82) is 0 Å². The van der Waals surface area contributed by atoms with E-state index in [4.69, 9.17) is 4.74 Å². The van der Waals surface area contributed by atoms with Crippen LogP contribution in [0.2, 0.25) is 0 Å². The molecular weight excluding hydrogens is 359 g/mol. The summed E-state index contributed by atoms with van der Waals surface area (Å²) >= 11 is 3.09. The van der Waals surface area contributed by atoms with Crippen LogP contribution in [-0.2, 0) is 9.53 Å². The number of halogens is 2. The average Bonchev–Trinajstić information content (AvgIpc) is 2.48. The van der Waals surface area contributed by atoms with Crippen LogP contribution in [0.15, 0.2) is 45.8 Å². The van der Waals surface area contributed by atoms with Crippen LogP contribution < -0.4 is 10.9 Å². The first-order valence-electron chi connectivity index (χ1n) is 6.07. The van der Waals surface area contributed by atoms with Gasteiger partial charge in [0.2, 0.25) is 0 Å². The van der Waals surface area contributed by atoms with Crippen molar-refractivity contribution in [3.05, 3.63) is 62.7 Å². The SMILES string of the molecule is O=C(COC(=O)c1ccc[nH]c1=O)Nc1ccc(Br)cc1F. The fourth-order valence-electron chi connectivity index (χ4n) is 1.57. The van der Waals surface area contributed by atoms with E-state index in [1.165, 1.54) is 30.5 Å². The zero-order valence-corrected chi connectivity index (χ0v) is 12.6. The fraction of sp³-hybridized carbons (Fsp3) is 0.0714. The van der Waals surface area contributed by atoms with Crippen LogP contribution >= 0.6 is 15.9 Å². The highest BCUT2D eigenvalue weighted by Gasteiger charge is 2.14. The van der Waals surface area contributed by atoms with Crippen LogP contribution in [0.25, 0.3) is 0 Å². The van der Waals surface area contributed by atoms with Gasteiger partial charge in [-0.25, -0.2) is 9.18 Å². The van der Waals surface area contributed by atoms with E-state index in [1.807, 2.05) is 0 Å². The summed E-state index contributed by atoms with van der Waals surface area (Å²) in [7, 11) is 0. The molecule has 0 bridgehead atoms. The molecule has 22 heavy (non-hydrogen) atoms. The third kappa shape index (κ3) is 4.01. The minimum Gasteiger partial charge on any atom is -0.452 e. The molecule has 0 aliphatic heterocycles. The number of H-pyrrole nitrogens is 1. The summed E-state index contributed by atoms with van der Waals surface area (Å²) in [5, 5.41) is 2.26. The number of anilines is 1. The summed E-state index contributed by atoms with van der Waals surface area (Å²) in [6, 6.07) is 6.82. The van der Waals surface area contributed by atoms with Crippen molar-refractivity contribution in [2.24, 2.45) is 0 Å². The lowest BCUT2D eigenvalue weighted by atomic mass is 10.3. The van der Waals surface area contributed by atoms with Crippen LogP contribution in [0.1, 0.15) is 10.4 Å². The minimum atomic E-state index is -0.937. The smallest absolute Gasteiger partial charge is 0.344 e. The number of carbonyl (C=O) groups excluding carboxylic acids is 2. The monoisotopic (exact) mass is 368 g/mol. The number of hydrogen-bond donors (Lipinski definition) is 2. The Bertz CT molecular complexity index is 775. The molecule has 2 aromatic rings. The molecule has 2 N–H and O–H groups in total. The number of amides is 1. The molecule has 1 aromatic carbocycles. The van der Waals surface area contributed by atoms with Gasteiger partial charge in [-0.15, -0.1) is 0 Å². The van der Waals surface area contributed by atoms with Crippen molar-refractivity contribution in [2.45, 2.75) is 0 Å². The Morgan fingerprint density at radius 1 is 1.32 bits per heavy atom. The van der Waals surface area contributed by atoms with E-state index in [0.29, 0.717) is 4.47 Å². The summed E-state index contributed by atoms with van der Waals surface area (Å²) in [5.74, 6) is -2.29. The number of carbonyl (C=O) groups is 2. The van der Waals surface area contributed by atoms with Gasteiger partial charge in [-0.05, 0) is 30.3 Å². The Morgan fingerprint density at radius 3 is 2.77 bits per heavy atom. The van der Waals surface area contributed by atoms with Crippen LogP contribution in [-0.4, -0.2) is 23.5 Å². The molecule has 2 rings (SSSR count). The van der Waals surface area contributed by atoms with E-state index in [9.17, 15) is 18.8 Å². The van der Waals surface area contributed by atoms with Crippen molar-refractivity contribution >= 4 is 33.5 Å². The summed E-state index contributed by atoms with van der Waals surface area (Å²) in [5.41, 5.74) is -0.876. The van der Waals surface area contributed by atoms with E-state index >= 15 is 0 Å². The van der Waals surface area contributed by atoms with E-state index in [0.717, 1.165) is 0 Å². The molecule has 0 fully saturated rings. The Kier molecular flexibility index (Phi) is 5.05. The van der Waals surface area contributed by atoms with Crippen molar-refractivity contribution in [1.82, 2.24) is 4.98 Å². The molecule has 0 radical (unpaired) electrons. The zero-order chi connectivity index (χ0) is 16.1. The molecule has 0 saturated heterocycles. The quantitative estimate of drug-likeness (QED) is 0.808. The van der Waals surface area contributed by atoms with Gasteiger partial charge in [0, 0.05) is 10.7 Å². The van der Waals surface area contributed by atoms with Gasteiger partial charge in [-0.1, -0.05) is 15.9 Å². The van der Waals surface area contributed by atoms with Crippen molar-refractivity contribution < 1.29 is 18.7 Å². The summed E-state index contributed by atoms with van der Waals surface area (Å²) in [4.78, 5) is 36.9. The maximum Gasteiger partial charge on any atom is 0.344 e. The molecule has 0 unspecified atom stereocenters. The number of nitrogens with one attached hydrogen (secondary N) is 2. The van der Waals surface area contributed by atoms with Gasteiger partial charge in [0.25, 0.3) is 11.5 Å². The van der Waals surface area contributed by atoms with Gasteiger partial charge in [0.1, 0.15) is 11.4 Å². The standard InChI is InChI=1S/C14H10BrFN2O4/c15-8-3-4-11(10(16)6-8)18-12(19)7-22-14(21)9-2-1-5-17-13(9)20/h1-6H,7H2,(H,17,20)(H,18,19). The largest absolute Gasteiger partial charge is 0.452 e. The van der Waals surface area contributed by atoms with E-state index in [1.54, 1.807) is 6.07 Å². The molecule has 114 valence electrons. The lowest BCUT2D eigenvalue weighted by Gasteiger charge is -2.07. The van der Waals surface area contributed by atoms with Gasteiger partial charge < -0.3 is 15.0 Å². The average molecular weight is 369 g/mol. The van der Waals surface area contributed by atoms with Crippen molar-refractivity contribution in [3.63, 3.8) is 0 Å². The number of esters is 1. The summed E-state index contributed by atoms with van der Waals surface area (Å²) < 4.78 is 18.8. The molecule has 1 aromatic heterocycles. The first-order valence-corrected chi connectivity index (χ1v) is 6.86. The molecule has 1 amide bonds. The molecular formula is C14H10BrFN2O4. The molecule has 6 nitrogen and oxygen atoms in total. The van der Waals surface area contributed by atoms with E-state index < -0.39 is 29.9 Å². The number of pyridine rings is 1. The van der Waals surface area contributed by atoms with Crippen molar-refractivity contribution in [2.75, 3.05) is 11.9 Å². The lowest BCUT2D eigenvalue weighted by Crippen LogP contribution is -2.24. The number of ether oxygens (including phenoxy) is 1. The second-order valence-electron chi connectivity index (χ2n) is 4.16. The van der Waals surface area contributed by atoms with E-state index in [2.05, 4.69) is 26.2 Å². The highest BCUT2D eigenvalue weighted by atomic mass is 79.9. The predicted molar refractivity (Wildman–Crippen MR) is 80.1 cm³/mol. The molecule has 0 saturated carbocycles. The summed E-state index contributed by atoms with van der Waals surface area (Å²) in [6.45, 7) is -0.636. The number of hydrogen-bond acceptors (Lipinski definition) is 4. The maximum absolute atomic E-state index is 13.5. The molecule has 0 aliphatic rings. The van der Waals surface area contributed by atoms with Crippen LogP contribution in [0, 0.1) is 5.82 Å². The number of aromatic nitrogens is 1. The summed E-state index contributed by atoms with van der Waals surface area (Å²) in [6.07, 6.45) is 1.36. The zero-order valence-electron chi connectivity index (χ0n) is 11.1. The minimum absolute atomic E-state index is 0.0400. The number of benzene rings is 1. The van der Waals surface area contributed by atoms with Crippen LogP contribution in [0.5, 0.6) is 0 Å². The topological polar surface area (TPSA) is 88.3 Å². The highest BCUT2D eigenvalue weighted by Crippen LogP contribution is 2.19. The Balaban J connectivity index is 1.94. The fourth-order valence-corrected chi connectivity index (χ4v) is 1.90. The van der Waals surface area contributed by atoms with Crippen LogP contribution in [0.4, 0.5) is 10.1 Å². The first kappa shape index (κ1) is 15.9. The molecule has 1 heterocycles. The van der Waals surface area contributed by atoms with Gasteiger partial charge >= 0.3 is 5.97 Å². The molecule has 0 spiro atoms. The van der Waals surface area contributed by atoms with Gasteiger partial charge in [0.05, 0.1) is 5.69 Å². The normalized spacial score (nSPS) is 10.1.